The molecule has 0 aliphatic heterocycles. The Morgan fingerprint density at radius 3 is 2.17 bits per heavy atom. The highest BCUT2D eigenvalue weighted by Gasteiger charge is 2.24. The molecule has 0 spiro atoms. The minimum atomic E-state index is 0.289. The van der Waals surface area contributed by atoms with E-state index in [0.29, 0.717) is 0 Å². The second-order valence-corrected chi connectivity index (χ2v) is 10.2. The number of imidazole rings is 1. The summed E-state index contributed by atoms with van der Waals surface area (Å²) in [5, 5.41) is 2.98. The Labute approximate surface area is 210 Å². The van der Waals surface area contributed by atoms with Gasteiger partial charge in [0.25, 0.3) is 0 Å². The number of benzene rings is 4. The maximum absolute atomic E-state index is 6.63. The smallest absolute Gasteiger partial charge is 0.149 e. The lowest BCUT2D eigenvalue weighted by Gasteiger charge is -2.23. The van der Waals surface area contributed by atoms with Gasteiger partial charge in [-0.1, -0.05) is 81.8 Å². The highest BCUT2D eigenvalue weighted by Crippen LogP contribution is 2.41. The lowest BCUT2D eigenvalue weighted by Crippen LogP contribution is -2.09. The van der Waals surface area contributed by atoms with Crippen LogP contribution in [0.15, 0.2) is 83.3 Å². The van der Waals surface area contributed by atoms with E-state index in [1.165, 1.54) is 11.1 Å². The molecule has 0 saturated heterocycles. The standard InChI is InChI=1S/C31H27ClN2O/c1-18(2)24-16-20(32)17-25(19(3)4)29(24)34-27-14-7-6-13-26(27)33-31(34)23-12-9-11-22-21-10-5-8-15-28(21)35-30(22)23/h5-19H,1-4H3. The molecule has 0 unspecified atom stereocenters. The van der Waals surface area contributed by atoms with Gasteiger partial charge in [0.15, 0.2) is 0 Å². The van der Waals surface area contributed by atoms with Crippen LogP contribution in [0.4, 0.5) is 0 Å². The molecular formula is C31H27ClN2O. The Hall–Kier alpha value is -3.56. The Morgan fingerprint density at radius 2 is 1.43 bits per heavy atom. The molecule has 6 aromatic rings. The van der Waals surface area contributed by atoms with E-state index in [4.69, 9.17) is 21.0 Å². The summed E-state index contributed by atoms with van der Waals surface area (Å²) in [5.41, 5.74) is 8.33. The van der Waals surface area contributed by atoms with Gasteiger partial charge in [0.2, 0.25) is 0 Å². The van der Waals surface area contributed by atoms with Crippen LogP contribution in [-0.4, -0.2) is 9.55 Å². The van der Waals surface area contributed by atoms with Crippen molar-refractivity contribution in [1.82, 2.24) is 9.55 Å². The van der Waals surface area contributed by atoms with Crippen LogP contribution in [0.3, 0.4) is 0 Å². The van der Waals surface area contributed by atoms with Crippen molar-refractivity contribution < 1.29 is 4.42 Å². The lowest BCUT2D eigenvalue weighted by atomic mass is 9.92. The number of aromatic nitrogens is 2. The normalized spacial score (nSPS) is 12.1. The molecule has 0 N–H and O–H groups in total. The molecule has 2 heterocycles. The Balaban J connectivity index is 1.77. The summed E-state index contributed by atoms with van der Waals surface area (Å²) >= 11 is 6.63. The second kappa shape index (κ2) is 8.28. The van der Waals surface area contributed by atoms with Crippen molar-refractivity contribution in [3.8, 4) is 17.1 Å². The molecule has 0 atom stereocenters. The topological polar surface area (TPSA) is 31.0 Å². The molecule has 35 heavy (non-hydrogen) atoms. The van der Waals surface area contributed by atoms with Crippen LogP contribution < -0.4 is 0 Å². The van der Waals surface area contributed by atoms with E-state index in [9.17, 15) is 0 Å². The molecular weight excluding hydrogens is 452 g/mol. The van der Waals surface area contributed by atoms with Crippen LogP contribution in [0.5, 0.6) is 0 Å². The quantitative estimate of drug-likeness (QED) is 0.252. The number of rotatable bonds is 4. The number of para-hydroxylation sites is 4. The summed E-state index contributed by atoms with van der Waals surface area (Å²) in [5.74, 6) is 1.45. The molecule has 4 heteroatoms. The first-order valence-corrected chi connectivity index (χ1v) is 12.5. The van der Waals surface area contributed by atoms with Gasteiger partial charge in [-0.05, 0) is 59.4 Å². The average molecular weight is 479 g/mol. The van der Waals surface area contributed by atoms with Crippen LogP contribution in [0.25, 0.3) is 50.0 Å². The number of furan rings is 1. The first-order chi connectivity index (χ1) is 16.9. The van der Waals surface area contributed by atoms with Gasteiger partial charge < -0.3 is 4.42 Å². The van der Waals surface area contributed by atoms with Crippen molar-refractivity contribution in [1.29, 1.82) is 0 Å². The van der Waals surface area contributed by atoms with Gasteiger partial charge in [-0.3, -0.25) is 4.57 Å². The molecule has 0 radical (unpaired) electrons. The van der Waals surface area contributed by atoms with Crippen molar-refractivity contribution >= 4 is 44.6 Å². The van der Waals surface area contributed by atoms with E-state index in [1.807, 2.05) is 18.2 Å². The molecule has 0 fully saturated rings. The predicted molar refractivity (Wildman–Crippen MR) is 147 cm³/mol. The maximum Gasteiger partial charge on any atom is 0.149 e. The summed E-state index contributed by atoms with van der Waals surface area (Å²) < 4.78 is 8.74. The fraction of sp³-hybridized carbons (Fsp3) is 0.194. The van der Waals surface area contributed by atoms with Gasteiger partial charge in [0, 0.05) is 15.8 Å². The monoisotopic (exact) mass is 478 g/mol. The summed E-state index contributed by atoms with van der Waals surface area (Å²) in [6.07, 6.45) is 0. The molecule has 0 bridgehead atoms. The van der Waals surface area contributed by atoms with Crippen LogP contribution in [0.2, 0.25) is 5.02 Å². The van der Waals surface area contributed by atoms with Gasteiger partial charge in [-0.2, -0.15) is 0 Å². The first kappa shape index (κ1) is 21.9. The van der Waals surface area contributed by atoms with Crippen molar-refractivity contribution in [2.45, 2.75) is 39.5 Å². The molecule has 4 aromatic carbocycles. The molecule has 6 rings (SSSR count). The lowest BCUT2D eigenvalue weighted by molar-refractivity contribution is 0.669. The third kappa shape index (κ3) is 3.45. The maximum atomic E-state index is 6.63. The third-order valence-corrected chi connectivity index (χ3v) is 7.03. The number of fused-ring (bicyclic) bond motifs is 4. The van der Waals surface area contributed by atoms with Gasteiger partial charge in [-0.25, -0.2) is 4.98 Å². The van der Waals surface area contributed by atoms with Crippen molar-refractivity contribution in [2.75, 3.05) is 0 Å². The summed E-state index contributed by atoms with van der Waals surface area (Å²) in [6, 6.07) is 27.1. The molecule has 0 saturated carbocycles. The van der Waals surface area contributed by atoms with Gasteiger partial charge >= 0.3 is 0 Å². The summed E-state index contributed by atoms with van der Waals surface area (Å²) in [6.45, 7) is 8.88. The Kier molecular flexibility index (Phi) is 5.19. The minimum absolute atomic E-state index is 0.289. The van der Waals surface area contributed by atoms with Gasteiger partial charge in [0.1, 0.15) is 17.0 Å². The fourth-order valence-corrected chi connectivity index (χ4v) is 5.37. The predicted octanol–water partition coefficient (Wildman–Crippen LogP) is 9.49. The van der Waals surface area contributed by atoms with E-state index in [0.717, 1.165) is 55.1 Å². The van der Waals surface area contributed by atoms with E-state index in [1.54, 1.807) is 0 Å². The number of nitrogens with zero attached hydrogens (tertiary/aromatic N) is 2. The second-order valence-electron chi connectivity index (χ2n) is 9.78. The van der Waals surface area contributed by atoms with Crippen molar-refractivity contribution in [2.24, 2.45) is 0 Å². The van der Waals surface area contributed by atoms with Crippen molar-refractivity contribution in [3.05, 3.63) is 95.0 Å². The molecule has 174 valence electrons. The third-order valence-electron chi connectivity index (χ3n) is 6.81. The zero-order valence-corrected chi connectivity index (χ0v) is 21.1. The van der Waals surface area contributed by atoms with Gasteiger partial charge in [0.05, 0.1) is 22.3 Å². The number of hydrogen-bond donors (Lipinski definition) is 0. The molecule has 0 aliphatic carbocycles. The number of hydrogen-bond acceptors (Lipinski definition) is 2. The highest BCUT2D eigenvalue weighted by molar-refractivity contribution is 6.30. The minimum Gasteiger partial charge on any atom is -0.455 e. The molecule has 0 aliphatic rings. The summed E-state index contributed by atoms with van der Waals surface area (Å²) in [4.78, 5) is 5.17. The Bertz CT molecular complexity index is 1690. The van der Waals surface area contributed by atoms with Crippen LogP contribution in [0, 0.1) is 0 Å². The Morgan fingerprint density at radius 1 is 0.771 bits per heavy atom. The SMILES string of the molecule is CC(C)c1cc(Cl)cc(C(C)C)c1-n1c(-c2cccc3c2oc2ccccc23)nc2ccccc21. The molecule has 0 amide bonds. The highest BCUT2D eigenvalue weighted by atomic mass is 35.5. The fourth-order valence-electron chi connectivity index (χ4n) is 5.14. The van der Waals surface area contributed by atoms with Crippen LogP contribution >= 0.6 is 11.6 Å². The molecule has 2 aromatic heterocycles. The van der Waals surface area contributed by atoms with E-state index >= 15 is 0 Å². The van der Waals surface area contributed by atoms with E-state index < -0.39 is 0 Å². The van der Waals surface area contributed by atoms with E-state index in [-0.39, 0.29) is 11.8 Å². The van der Waals surface area contributed by atoms with E-state index in [2.05, 4.69) is 92.9 Å². The number of halogens is 1. The first-order valence-electron chi connectivity index (χ1n) is 12.2. The summed E-state index contributed by atoms with van der Waals surface area (Å²) in [7, 11) is 0. The van der Waals surface area contributed by atoms with Crippen LogP contribution in [-0.2, 0) is 0 Å². The zero-order valence-electron chi connectivity index (χ0n) is 20.3. The largest absolute Gasteiger partial charge is 0.455 e. The van der Waals surface area contributed by atoms with Gasteiger partial charge in [-0.15, -0.1) is 0 Å². The zero-order chi connectivity index (χ0) is 24.3. The average Bonchev–Trinajstić information content (AvgIpc) is 3.42. The van der Waals surface area contributed by atoms with Crippen LogP contribution in [0.1, 0.15) is 50.7 Å². The molecule has 3 nitrogen and oxygen atoms in total. The van der Waals surface area contributed by atoms with Crippen molar-refractivity contribution in [3.63, 3.8) is 0 Å².